The zero-order chi connectivity index (χ0) is 16.8. The van der Waals surface area contributed by atoms with E-state index in [1.165, 1.54) is 11.8 Å². The summed E-state index contributed by atoms with van der Waals surface area (Å²) in [6.07, 6.45) is 6.73. The van der Waals surface area contributed by atoms with E-state index in [4.69, 9.17) is 8.83 Å². The largest absolute Gasteiger partial charge is 0.467 e. The maximum atomic E-state index is 11.9. The average molecular weight is 344 g/mol. The third-order valence-corrected chi connectivity index (χ3v) is 3.96. The van der Waals surface area contributed by atoms with Gasteiger partial charge in [-0.15, -0.1) is 5.10 Å². The first-order valence-electron chi connectivity index (χ1n) is 7.30. The summed E-state index contributed by atoms with van der Waals surface area (Å²) in [5, 5.41) is 10.2. The van der Waals surface area contributed by atoms with Gasteiger partial charge in [-0.1, -0.05) is 11.8 Å². The summed E-state index contributed by atoms with van der Waals surface area (Å²) >= 11 is 1.26. The van der Waals surface area contributed by atoms with Crippen LogP contribution in [0.5, 0.6) is 0 Å². The second-order valence-corrected chi connectivity index (χ2v) is 5.89. The molecule has 0 bridgehead atoms. The van der Waals surface area contributed by atoms with Gasteiger partial charge in [0.2, 0.25) is 11.1 Å². The molecule has 3 heterocycles. The predicted octanol–water partition coefficient (Wildman–Crippen LogP) is 3.13. The Bertz CT molecular complexity index is 793. The number of hydrogen-bond acceptors (Lipinski definition) is 6. The van der Waals surface area contributed by atoms with Crippen LogP contribution in [0.25, 0.3) is 12.2 Å². The lowest BCUT2D eigenvalue weighted by atomic mass is 10.2. The Morgan fingerprint density at radius 3 is 2.92 bits per heavy atom. The first kappa shape index (κ1) is 16.1. The monoisotopic (exact) mass is 344 g/mol. The highest BCUT2D eigenvalue weighted by Crippen LogP contribution is 2.15. The number of carbonyl (C=O) groups is 1. The molecule has 0 aliphatic carbocycles. The number of aromatic amines is 1. The molecule has 7 nitrogen and oxygen atoms in total. The van der Waals surface area contributed by atoms with Gasteiger partial charge in [-0.05, 0) is 43.3 Å². The Balaban J connectivity index is 1.47. The van der Waals surface area contributed by atoms with Gasteiger partial charge >= 0.3 is 0 Å². The van der Waals surface area contributed by atoms with E-state index < -0.39 is 0 Å². The average Bonchev–Trinajstić information content (AvgIpc) is 3.33. The van der Waals surface area contributed by atoms with E-state index in [-0.39, 0.29) is 17.7 Å². The highest BCUT2D eigenvalue weighted by Gasteiger charge is 2.13. The Morgan fingerprint density at radius 2 is 2.17 bits per heavy atom. The lowest BCUT2D eigenvalue weighted by Crippen LogP contribution is -2.27. The fraction of sp³-hybridized carbons (Fsp3) is 0.188. The summed E-state index contributed by atoms with van der Waals surface area (Å²) < 4.78 is 10.4. The van der Waals surface area contributed by atoms with Crippen molar-refractivity contribution in [2.45, 2.75) is 18.1 Å². The molecule has 0 aromatic carbocycles. The van der Waals surface area contributed by atoms with Gasteiger partial charge in [0.05, 0.1) is 24.3 Å². The number of thioether (sulfide) groups is 1. The van der Waals surface area contributed by atoms with Crippen LogP contribution in [0.1, 0.15) is 30.3 Å². The van der Waals surface area contributed by atoms with Crippen LogP contribution in [-0.2, 0) is 4.79 Å². The number of hydrogen-bond donors (Lipinski definition) is 2. The van der Waals surface area contributed by atoms with Crippen LogP contribution in [0.15, 0.2) is 50.8 Å². The summed E-state index contributed by atoms with van der Waals surface area (Å²) in [4.78, 5) is 16.2. The number of nitrogens with one attached hydrogen (secondary N) is 2. The van der Waals surface area contributed by atoms with Gasteiger partial charge in [-0.25, -0.2) is 4.98 Å². The van der Waals surface area contributed by atoms with Crippen LogP contribution in [0.3, 0.4) is 0 Å². The van der Waals surface area contributed by atoms with Crippen molar-refractivity contribution in [3.8, 4) is 0 Å². The van der Waals surface area contributed by atoms with E-state index in [0.717, 1.165) is 11.5 Å². The van der Waals surface area contributed by atoms with Gasteiger partial charge in [0.1, 0.15) is 17.3 Å². The lowest BCUT2D eigenvalue weighted by molar-refractivity contribution is -0.119. The minimum Gasteiger partial charge on any atom is -0.467 e. The van der Waals surface area contributed by atoms with Crippen molar-refractivity contribution in [3.63, 3.8) is 0 Å². The highest BCUT2D eigenvalue weighted by atomic mass is 32.2. The molecule has 1 atom stereocenters. The lowest BCUT2D eigenvalue weighted by Gasteiger charge is -2.10. The molecule has 0 radical (unpaired) electrons. The predicted molar refractivity (Wildman–Crippen MR) is 90.0 cm³/mol. The topological polar surface area (TPSA) is 97.0 Å². The normalized spacial score (nSPS) is 12.5. The van der Waals surface area contributed by atoms with Crippen molar-refractivity contribution in [2.24, 2.45) is 0 Å². The first-order chi connectivity index (χ1) is 11.7. The third-order valence-electron chi connectivity index (χ3n) is 3.11. The molecule has 1 amide bonds. The van der Waals surface area contributed by atoms with E-state index in [1.54, 1.807) is 30.7 Å². The van der Waals surface area contributed by atoms with Crippen LogP contribution in [-0.4, -0.2) is 26.8 Å². The fourth-order valence-electron chi connectivity index (χ4n) is 1.97. The maximum Gasteiger partial charge on any atom is 0.231 e. The molecule has 124 valence electrons. The molecule has 1 unspecified atom stereocenters. The van der Waals surface area contributed by atoms with Crippen molar-refractivity contribution < 1.29 is 13.6 Å². The first-order valence-corrected chi connectivity index (χ1v) is 8.29. The zero-order valence-corrected chi connectivity index (χ0v) is 13.7. The quantitative estimate of drug-likeness (QED) is 0.639. The molecule has 0 aliphatic rings. The van der Waals surface area contributed by atoms with E-state index in [9.17, 15) is 4.79 Å². The number of carbonyl (C=O) groups excluding carboxylic acids is 1. The SMILES string of the molecule is CC(NC(=O)CSc1n[nH]c(C=Cc2ccco2)n1)c1ccco1. The maximum absolute atomic E-state index is 11.9. The number of furan rings is 2. The van der Waals surface area contributed by atoms with Gasteiger partial charge in [-0.3, -0.25) is 9.89 Å². The Hall–Kier alpha value is -2.74. The number of nitrogens with zero attached hydrogens (tertiary/aromatic N) is 2. The van der Waals surface area contributed by atoms with E-state index >= 15 is 0 Å². The molecular weight excluding hydrogens is 328 g/mol. The van der Waals surface area contributed by atoms with Gasteiger partial charge in [0, 0.05) is 0 Å². The number of rotatable bonds is 7. The molecule has 0 fully saturated rings. The third kappa shape index (κ3) is 4.39. The minimum absolute atomic E-state index is 0.110. The Morgan fingerprint density at radius 1 is 1.33 bits per heavy atom. The highest BCUT2D eigenvalue weighted by molar-refractivity contribution is 7.99. The molecule has 0 spiro atoms. The van der Waals surface area contributed by atoms with Crippen LogP contribution >= 0.6 is 11.8 Å². The van der Waals surface area contributed by atoms with Gasteiger partial charge in [0.25, 0.3) is 0 Å². The molecule has 0 aliphatic heterocycles. The van der Waals surface area contributed by atoms with Crippen molar-refractivity contribution in [1.29, 1.82) is 0 Å². The summed E-state index contributed by atoms with van der Waals surface area (Å²) in [6.45, 7) is 1.87. The standard InChI is InChI=1S/C16H16N4O3S/c1-11(13-5-3-9-23-13)17-15(21)10-24-16-18-14(19-20-16)7-6-12-4-2-8-22-12/h2-9,11H,10H2,1H3,(H,17,21)(H,18,19,20). The molecule has 0 saturated carbocycles. The molecule has 0 saturated heterocycles. The fourth-order valence-corrected chi connectivity index (χ4v) is 2.58. The second kappa shape index (κ2) is 7.69. The van der Waals surface area contributed by atoms with E-state index in [1.807, 2.05) is 25.1 Å². The molecule has 3 aromatic heterocycles. The Kier molecular flexibility index (Phi) is 5.17. The molecular formula is C16H16N4O3S. The molecule has 24 heavy (non-hydrogen) atoms. The van der Waals surface area contributed by atoms with Gasteiger partial charge in [-0.2, -0.15) is 0 Å². The van der Waals surface area contributed by atoms with Crippen molar-refractivity contribution >= 4 is 29.8 Å². The number of aromatic nitrogens is 3. The zero-order valence-electron chi connectivity index (χ0n) is 12.9. The van der Waals surface area contributed by atoms with Crippen LogP contribution in [0, 0.1) is 0 Å². The summed E-state index contributed by atoms with van der Waals surface area (Å²) in [5.41, 5.74) is 0. The molecule has 3 rings (SSSR count). The van der Waals surface area contributed by atoms with Gasteiger partial charge in [0.15, 0.2) is 0 Å². The molecule has 2 N–H and O–H groups in total. The second-order valence-electron chi connectivity index (χ2n) is 4.95. The Labute approximate surface area is 142 Å². The van der Waals surface area contributed by atoms with Gasteiger partial charge < -0.3 is 14.2 Å². The summed E-state index contributed by atoms with van der Waals surface area (Å²) in [7, 11) is 0. The van der Waals surface area contributed by atoms with Crippen LogP contribution in [0.2, 0.25) is 0 Å². The summed E-state index contributed by atoms with van der Waals surface area (Å²) in [6, 6.07) is 7.09. The minimum atomic E-state index is -0.174. The van der Waals surface area contributed by atoms with Crippen LogP contribution < -0.4 is 5.32 Å². The number of H-pyrrole nitrogens is 1. The van der Waals surface area contributed by atoms with Crippen molar-refractivity contribution in [2.75, 3.05) is 5.75 Å². The summed E-state index contributed by atoms with van der Waals surface area (Å²) in [5.74, 6) is 2.16. The van der Waals surface area contributed by atoms with E-state index in [2.05, 4.69) is 20.5 Å². The van der Waals surface area contributed by atoms with Crippen molar-refractivity contribution in [1.82, 2.24) is 20.5 Å². The number of amides is 1. The van der Waals surface area contributed by atoms with Crippen LogP contribution in [0.4, 0.5) is 0 Å². The molecule has 3 aromatic rings. The molecule has 8 heteroatoms. The smallest absolute Gasteiger partial charge is 0.231 e. The van der Waals surface area contributed by atoms with E-state index in [0.29, 0.717) is 11.0 Å². The van der Waals surface area contributed by atoms with Crippen molar-refractivity contribution in [3.05, 3.63) is 54.1 Å².